The summed E-state index contributed by atoms with van der Waals surface area (Å²) in [6, 6.07) is 7.04. The second-order valence-corrected chi connectivity index (χ2v) is 2.61. The Morgan fingerprint density at radius 2 is 1.92 bits per heavy atom. The lowest BCUT2D eigenvalue weighted by molar-refractivity contribution is 0.0958. The monoisotopic (exact) mass is 166 g/mol. The van der Waals surface area contributed by atoms with E-state index in [1.807, 2.05) is 19.1 Å². The molecule has 0 aliphatic carbocycles. The normalized spacial score (nSPS) is 9.83. The van der Waals surface area contributed by atoms with E-state index in [-0.39, 0.29) is 0 Å². The van der Waals surface area contributed by atoms with E-state index in [9.17, 15) is 9.18 Å². The number of carbonyl (C=O) groups excluding carboxylic acids is 1. The molecule has 0 saturated heterocycles. The molecule has 0 aliphatic rings. The number of aryl methyl sites for hydroxylation is 1. The lowest BCUT2D eigenvalue weighted by Crippen LogP contribution is -2.00. The molecule has 0 N–H and O–H groups in total. The maximum atomic E-state index is 11.9. The number of Topliss-reactive ketones (excluding diaryl/α,β-unsaturated/α-hetero) is 1. The minimum absolute atomic E-state index is 0.447. The number of benzene rings is 1. The van der Waals surface area contributed by atoms with Crippen LogP contribution in [-0.4, -0.2) is 12.5 Å². The molecule has 1 aromatic rings. The minimum atomic E-state index is -0.911. The van der Waals surface area contributed by atoms with Crippen LogP contribution in [0.4, 0.5) is 4.39 Å². The van der Waals surface area contributed by atoms with Crippen molar-refractivity contribution in [3.63, 3.8) is 0 Å². The Kier molecular flexibility index (Phi) is 2.97. The number of rotatable bonds is 3. The van der Waals surface area contributed by atoms with E-state index in [0.717, 1.165) is 12.0 Å². The summed E-state index contributed by atoms with van der Waals surface area (Å²) in [6.07, 6.45) is 0.935. The standard InChI is InChI=1S/C10H11FO/c1-2-8-3-5-9(6-4-8)10(12)7-11/h3-6H,2,7H2,1H3. The highest BCUT2D eigenvalue weighted by Crippen LogP contribution is 2.05. The fourth-order valence-electron chi connectivity index (χ4n) is 1.00. The number of halogens is 1. The van der Waals surface area contributed by atoms with Crippen LogP contribution in [0.2, 0.25) is 0 Å². The maximum absolute atomic E-state index is 11.9. The van der Waals surface area contributed by atoms with Crippen LogP contribution in [0.25, 0.3) is 0 Å². The van der Waals surface area contributed by atoms with Crippen molar-refractivity contribution in [1.29, 1.82) is 0 Å². The largest absolute Gasteiger partial charge is 0.291 e. The predicted octanol–water partition coefficient (Wildman–Crippen LogP) is 2.40. The summed E-state index contributed by atoms with van der Waals surface area (Å²) >= 11 is 0. The molecule has 0 saturated carbocycles. The minimum Gasteiger partial charge on any atom is -0.291 e. The number of ketones is 1. The third-order valence-corrected chi connectivity index (χ3v) is 1.81. The smallest absolute Gasteiger partial charge is 0.193 e. The molecular weight excluding hydrogens is 155 g/mol. The zero-order valence-electron chi connectivity index (χ0n) is 7.01. The van der Waals surface area contributed by atoms with Crippen molar-refractivity contribution in [2.45, 2.75) is 13.3 Å². The van der Waals surface area contributed by atoms with Crippen molar-refractivity contribution in [3.05, 3.63) is 35.4 Å². The Labute approximate surface area is 71.2 Å². The zero-order chi connectivity index (χ0) is 8.97. The lowest BCUT2D eigenvalue weighted by atomic mass is 10.1. The van der Waals surface area contributed by atoms with Crippen LogP contribution >= 0.6 is 0 Å². The Bertz CT molecular complexity index is 264. The SMILES string of the molecule is CCc1ccc(C(=O)CF)cc1. The van der Waals surface area contributed by atoms with Crippen LogP contribution in [0.5, 0.6) is 0 Å². The summed E-state index contributed by atoms with van der Waals surface area (Å²) in [4.78, 5) is 10.8. The van der Waals surface area contributed by atoms with Gasteiger partial charge in [-0.3, -0.25) is 4.79 Å². The third kappa shape index (κ3) is 1.91. The van der Waals surface area contributed by atoms with Gasteiger partial charge in [0.15, 0.2) is 12.5 Å². The molecule has 0 amide bonds. The van der Waals surface area contributed by atoms with Crippen LogP contribution in [0.3, 0.4) is 0 Å². The molecule has 0 atom stereocenters. The molecule has 0 spiro atoms. The lowest BCUT2D eigenvalue weighted by Gasteiger charge is -1.98. The van der Waals surface area contributed by atoms with E-state index < -0.39 is 12.5 Å². The second kappa shape index (κ2) is 4.00. The fourth-order valence-corrected chi connectivity index (χ4v) is 1.00. The Hall–Kier alpha value is -1.18. The number of hydrogen-bond acceptors (Lipinski definition) is 1. The quantitative estimate of drug-likeness (QED) is 0.630. The topological polar surface area (TPSA) is 17.1 Å². The van der Waals surface area contributed by atoms with E-state index in [4.69, 9.17) is 0 Å². The molecule has 12 heavy (non-hydrogen) atoms. The van der Waals surface area contributed by atoms with Gasteiger partial charge in [-0.15, -0.1) is 0 Å². The van der Waals surface area contributed by atoms with Crippen LogP contribution in [0.15, 0.2) is 24.3 Å². The first-order chi connectivity index (χ1) is 5.77. The van der Waals surface area contributed by atoms with Gasteiger partial charge >= 0.3 is 0 Å². The molecule has 1 rings (SSSR count). The Morgan fingerprint density at radius 1 is 1.33 bits per heavy atom. The van der Waals surface area contributed by atoms with E-state index in [1.165, 1.54) is 0 Å². The van der Waals surface area contributed by atoms with Crippen LogP contribution in [0, 0.1) is 0 Å². The molecule has 0 radical (unpaired) electrons. The maximum Gasteiger partial charge on any atom is 0.193 e. The van der Waals surface area contributed by atoms with Gasteiger partial charge in [0.1, 0.15) is 0 Å². The van der Waals surface area contributed by atoms with Crippen LogP contribution in [-0.2, 0) is 6.42 Å². The van der Waals surface area contributed by atoms with Gasteiger partial charge in [-0.1, -0.05) is 31.2 Å². The summed E-state index contributed by atoms with van der Waals surface area (Å²) in [7, 11) is 0. The summed E-state index contributed by atoms with van der Waals surface area (Å²) in [5, 5.41) is 0. The summed E-state index contributed by atoms with van der Waals surface area (Å²) < 4.78 is 11.9. The molecular formula is C10H11FO. The highest BCUT2D eigenvalue weighted by Gasteiger charge is 2.03. The van der Waals surface area contributed by atoms with E-state index >= 15 is 0 Å². The molecule has 2 heteroatoms. The van der Waals surface area contributed by atoms with Gasteiger partial charge in [0.25, 0.3) is 0 Å². The van der Waals surface area contributed by atoms with E-state index in [1.54, 1.807) is 12.1 Å². The zero-order valence-corrected chi connectivity index (χ0v) is 7.01. The molecule has 0 bridgehead atoms. The highest BCUT2D eigenvalue weighted by atomic mass is 19.1. The van der Waals surface area contributed by atoms with E-state index in [0.29, 0.717) is 5.56 Å². The Morgan fingerprint density at radius 3 is 2.33 bits per heavy atom. The van der Waals surface area contributed by atoms with Gasteiger partial charge in [-0.25, -0.2) is 4.39 Å². The first kappa shape index (κ1) is 8.91. The molecule has 0 heterocycles. The summed E-state index contributed by atoms with van der Waals surface area (Å²) in [5.41, 5.74) is 1.61. The molecule has 0 aromatic heterocycles. The van der Waals surface area contributed by atoms with Gasteiger partial charge in [0.05, 0.1) is 0 Å². The average Bonchev–Trinajstić information content (AvgIpc) is 2.17. The Balaban J connectivity index is 2.84. The number of alkyl halides is 1. The first-order valence-corrected chi connectivity index (χ1v) is 3.96. The van der Waals surface area contributed by atoms with Crippen molar-refractivity contribution in [1.82, 2.24) is 0 Å². The van der Waals surface area contributed by atoms with Crippen LogP contribution in [0.1, 0.15) is 22.8 Å². The molecule has 0 aliphatic heterocycles. The summed E-state index contributed by atoms with van der Waals surface area (Å²) in [5.74, 6) is -0.447. The molecule has 1 nitrogen and oxygen atoms in total. The van der Waals surface area contributed by atoms with Crippen molar-refractivity contribution < 1.29 is 9.18 Å². The van der Waals surface area contributed by atoms with Gasteiger partial charge in [-0.2, -0.15) is 0 Å². The predicted molar refractivity (Wildman–Crippen MR) is 46.1 cm³/mol. The molecule has 0 unspecified atom stereocenters. The fraction of sp³-hybridized carbons (Fsp3) is 0.300. The molecule has 1 aromatic carbocycles. The third-order valence-electron chi connectivity index (χ3n) is 1.81. The average molecular weight is 166 g/mol. The number of hydrogen-bond donors (Lipinski definition) is 0. The van der Waals surface area contributed by atoms with Gasteiger partial charge in [0, 0.05) is 5.56 Å². The number of carbonyl (C=O) groups is 1. The van der Waals surface area contributed by atoms with Gasteiger partial charge in [0.2, 0.25) is 0 Å². The van der Waals surface area contributed by atoms with Crippen molar-refractivity contribution in [3.8, 4) is 0 Å². The van der Waals surface area contributed by atoms with Crippen molar-refractivity contribution in [2.75, 3.05) is 6.67 Å². The van der Waals surface area contributed by atoms with Gasteiger partial charge < -0.3 is 0 Å². The van der Waals surface area contributed by atoms with Crippen molar-refractivity contribution in [2.24, 2.45) is 0 Å². The summed E-state index contributed by atoms with van der Waals surface area (Å²) in [6.45, 7) is 1.12. The van der Waals surface area contributed by atoms with E-state index in [2.05, 4.69) is 0 Å². The highest BCUT2D eigenvalue weighted by molar-refractivity contribution is 5.96. The molecule has 64 valence electrons. The van der Waals surface area contributed by atoms with Crippen LogP contribution < -0.4 is 0 Å². The van der Waals surface area contributed by atoms with Gasteiger partial charge in [-0.05, 0) is 12.0 Å². The first-order valence-electron chi connectivity index (χ1n) is 3.96. The second-order valence-electron chi connectivity index (χ2n) is 2.61. The molecule has 0 fully saturated rings. The van der Waals surface area contributed by atoms with Crippen molar-refractivity contribution >= 4 is 5.78 Å².